The first-order chi connectivity index (χ1) is 7.63. The van der Waals surface area contributed by atoms with Gasteiger partial charge in [0.05, 0.1) is 6.20 Å². The summed E-state index contributed by atoms with van der Waals surface area (Å²) in [5.74, 6) is 0. The molecule has 2 atom stereocenters. The molecular formula is C12H22N4. The summed E-state index contributed by atoms with van der Waals surface area (Å²) in [7, 11) is 1.97. The highest BCUT2D eigenvalue weighted by molar-refractivity contribution is 5.04. The Morgan fingerprint density at radius 1 is 1.38 bits per heavy atom. The van der Waals surface area contributed by atoms with Gasteiger partial charge in [-0.25, -0.2) is 0 Å². The predicted octanol–water partition coefficient (Wildman–Crippen LogP) is 0.645. The van der Waals surface area contributed by atoms with Crippen molar-refractivity contribution in [1.29, 1.82) is 0 Å². The largest absolute Gasteiger partial charge is 0.309 e. The molecule has 2 unspecified atom stereocenters. The van der Waals surface area contributed by atoms with E-state index in [1.165, 1.54) is 5.56 Å². The van der Waals surface area contributed by atoms with Crippen molar-refractivity contribution in [3.05, 3.63) is 18.0 Å². The SMILES string of the molecule is CC1CN(CCc2cnn(C)c2)CC(C)N1. The minimum absolute atomic E-state index is 0.609. The van der Waals surface area contributed by atoms with Crippen molar-refractivity contribution in [1.82, 2.24) is 20.0 Å². The van der Waals surface area contributed by atoms with E-state index in [-0.39, 0.29) is 0 Å². The fraction of sp³-hybridized carbons (Fsp3) is 0.750. The molecule has 16 heavy (non-hydrogen) atoms. The Balaban J connectivity index is 1.81. The van der Waals surface area contributed by atoms with E-state index in [0.29, 0.717) is 12.1 Å². The highest BCUT2D eigenvalue weighted by Crippen LogP contribution is 2.06. The minimum atomic E-state index is 0.609. The van der Waals surface area contributed by atoms with Gasteiger partial charge in [-0.05, 0) is 25.8 Å². The lowest BCUT2D eigenvalue weighted by molar-refractivity contribution is 0.175. The van der Waals surface area contributed by atoms with E-state index in [1.807, 2.05) is 17.9 Å². The van der Waals surface area contributed by atoms with Gasteiger partial charge in [-0.2, -0.15) is 5.10 Å². The quantitative estimate of drug-likeness (QED) is 0.815. The molecule has 1 fully saturated rings. The van der Waals surface area contributed by atoms with Gasteiger partial charge in [0.2, 0.25) is 0 Å². The third-order valence-electron chi connectivity index (χ3n) is 3.11. The number of rotatable bonds is 3. The highest BCUT2D eigenvalue weighted by atomic mass is 15.2. The van der Waals surface area contributed by atoms with E-state index < -0.39 is 0 Å². The molecule has 1 aliphatic heterocycles. The molecule has 1 aliphatic rings. The van der Waals surface area contributed by atoms with Crippen LogP contribution in [0, 0.1) is 0 Å². The summed E-state index contributed by atoms with van der Waals surface area (Å²) >= 11 is 0. The van der Waals surface area contributed by atoms with Crippen LogP contribution >= 0.6 is 0 Å². The molecule has 0 bridgehead atoms. The van der Waals surface area contributed by atoms with Gasteiger partial charge in [0.15, 0.2) is 0 Å². The van der Waals surface area contributed by atoms with Crippen molar-refractivity contribution in [2.45, 2.75) is 32.4 Å². The van der Waals surface area contributed by atoms with Gasteiger partial charge in [0, 0.05) is 45.0 Å². The number of hydrogen-bond acceptors (Lipinski definition) is 3. The van der Waals surface area contributed by atoms with Crippen LogP contribution in [0.1, 0.15) is 19.4 Å². The molecular weight excluding hydrogens is 200 g/mol. The molecule has 1 aromatic rings. The Kier molecular flexibility index (Phi) is 3.61. The van der Waals surface area contributed by atoms with Crippen LogP contribution in [-0.4, -0.2) is 46.4 Å². The molecule has 2 rings (SSSR count). The lowest BCUT2D eigenvalue weighted by atomic mass is 10.1. The van der Waals surface area contributed by atoms with E-state index >= 15 is 0 Å². The van der Waals surface area contributed by atoms with Crippen LogP contribution in [0.5, 0.6) is 0 Å². The van der Waals surface area contributed by atoms with Crippen LogP contribution in [-0.2, 0) is 13.5 Å². The van der Waals surface area contributed by atoms with Gasteiger partial charge < -0.3 is 5.32 Å². The predicted molar refractivity (Wildman–Crippen MR) is 65.4 cm³/mol. The van der Waals surface area contributed by atoms with Crippen LogP contribution in [0.25, 0.3) is 0 Å². The summed E-state index contributed by atoms with van der Waals surface area (Å²) in [6.45, 7) is 7.97. The Morgan fingerprint density at radius 3 is 2.62 bits per heavy atom. The van der Waals surface area contributed by atoms with E-state index in [4.69, 9.17) is 0 Å². The molecule has 0 amide bonds. The summed E-state index contributed by atoms with van der Waals surface area (Å²) in [6, 6.07) is 1.22. The highest BCUT2D eigenvalue weighted by Gasteiger charge is 2.20. The van der Waals surface area contributed by atoms with Gasteiger partial charge in [0.25, 0.3) is 0 Å². The van der Waals surface area contributed by atoms with Gasteiger partial charge in [-0.1, -0.05) is 0 Å². The molecule has 2 heterocycles. The summed E-state index contributed by atoms with van der Waals surface area (Å²) in [5, 5.41) is 7.75. The number of aryl methyl sites for hydroxylation is 1. The first-order valence-corrected chi connectivity index (χ1v) is 6.09. The molecule has 0 saturated carbocycles. The fourth-order valence-electron chi connectivity index (χ4n) is 2.51. The molecule has 0 aromatic carbocycles. The van der Waals surface area contributed by atoms with Crippen molar-refractivity contribution in [3.8, 4) is 0 Å². The average Bonchev–Trinajstić information content (AvgIpc) is 2.60. The van der Waals surface area contributed by atoms with Crippen molar-refractivity contribution in [2.24, 2.45) is 7.05 Å². The average molecular weight is 222 g/mol. The fourth-order valence-corrected chi connectivity index (χ4v) is 2.51. The number of piperazine rings is 1. The van der Waals surface area contributed by atoms with Crippen molar-refractivity contribution >= 4 is 0 Å². The molecule has 1 N–H and O–H groups in total. The lowest BCUT2D eigenvalue weighted by Gasteiger charge is -2.36. The molecule has 0 aliphatic carbocycles. The first-order valence-electron chi connectivity index (χ1n) is 6.09. The van der Waals surface area contributed by atoms with Crippen molar-refractivity contribution < 1.29 is 0 Å². The zero-order valence-corrected chi connectivity index (χ0v) is 10.5. The molecule has 1 aromatic heterocycles. The summed E-state index contributed by atoms with van der Waals surface area (Å²) in [5.41, 5.74) is 1.33. The van der Waals surface area contributed by atoms with Crippen LogP contribution < -0.4 is 5.32 Å². The van der Waals surface area contributed by atoms with Gasteiger partial charge >= 0.3 is 0 Å². The second kappa shape index (κ2) is 4.97. The maximum absolute atomic E-state index is 4.20. The van der Waals surface area contributed by atoms with Crippen LogP contribution in [0.2, 0.25) is 0 Å². The second-order valence-corrected chi connectivity index (χ2v) is 5.00. The van der Waals surface area contributed by atoms with Crippen LogP contribution in [0.15, 0.2) is 12.4 Å². The van der Waals surface area contributed by atoms with Crippen LogP contribution in [0.3, 0.4) is 0 Å². The zero-order chi connectivity index (χ0) is 11.5. The van der Waals surface area contributed by atoms with Gasteiger partial charge in [-0.15, -0.1) is 0 Å². The summed E-state index contributed by atoms with van der Waals surface area (Å²) < 4.78 is 1.87. The molecule has 1 saturated heterocycles. The standard InChI is InChI=1S/C12H22N4/c1-10-7-16(8-11(2)14-10)5-4-12-6-13-15(3)9-12/h6,9-11,14H,4-5,7-8H2,1-3H3. The maximum Gasteiger partial charge on any atom is 0.0522 e. The molecule has 90 valence electrons. The topological polar surface area (TPSA) is 33.1 Å². The number of nitrogens with zero attached hydrogens (tertiary/aromatic N) is 3. The molecule has 0 radical (unpaired) electrons. The Hall–Kier alpha value is -0.870. The monoisotopic (exact) mass is 222 g/mol. The maximum atomic E-state index is 4.20. The minimum Gasteiger partial charge on any atom is -0.309 e. The summed E-state index contributed by atoms with van der Waals surface area (Å²) in [6.07, 6.45) is 5.18. The Morgan fingerprint density at radius 2 is 2.06 bits per heavy atom. The number of nitrogens with one attached hydrogen (secondary N) is 1. The van der Waals surface area contributed by atoms with Gasteiger partial charge in [0.1, 0.15) is 0 Å². The second-order valence-electron chi connectivity index (χ2n) is 5.00. The molecule has 0 spiro atoms. The third-order valence-corrected chi connectivity index (χ3v) is 3.11. The molecule has 4 nitrogen and oxygen atoms in total. The van der Waals surface area contributed by atoms with E-state index in [2.05, 4.69) is 35.4 Å². The van der Waals surface area contributed by atoms with E-state index in [1.54, 1.807) is 0 Å². The smallest absolute Gasteiger partial charge is 0.0522 e. The lowest BCUT2D eigenvalue weighted by Crippen LogP contribution is -2.54. The number of hydrogen-bond donors (Lipinski definition) is 1. The number of aromatic nitrogens is 2. The first kappa shape index (κ1) is 11.6. The van der Waals surface area contributed by atoms with Crippen molar-refractivity contribution in [2.75, 3.05) is 19.6 Å². The normalized spacial score (nSPS) is 27.2. The van der Waals surface area contributed by atoms with E-state index in [0.717, 1.165) is 26.1 Å². The third kappa shape index (κ3) is 3.06. The van der Waals surface area contributed by atoms with E-state index in [9.17, 15) is 0 Å². The zero-order valence-electron chi connectivity index (χ0n) is 10.5. The van der Waals surface area contributed by atoms with Crippen LogP contribution in [0.4, 0.5) is 0 Å². The summed E-state index contributed by atoms with van der Waals surface area (Å²) in [4.78, 5) is 2.54. The van der Waals surface area contributed by atoms with Crippen molar-refractivity contribution in [3.63, 3.8) is 0 Å². The van der Waals surface area contributed by atoms with Gasteiger partial charge in [-0.3, -0.25) is 9.58 Å². The molecule has 4 heteroatoms. The Labute approximate surface area is 97.6 Å². The Bertz CT molecular complexity index is 324.